The van der Waals surface area contributed by atoms with Crippen LogP contribution in [-0.4, -0.2) is 69.4 Å². The summed E-state index contributed by atoms with van der Waals surface area (Å²) in [6.45, 7) is 8.37. The lowest BCUT2D eigenvalue weighted by atomic mass is 10.0. The molecule has 0 unspecified atom stereocenters. The third-order valence-corrected chi connectivity index (χ3v) is 5.02. The summed E-state index contributed by atoms with van der Waals surface area (Å²) < 4.78 is 11.6. The Morgan fingerprint density at radius 1 is 1.38 bits per heavy atom. The Labute approximate surface area is 173 Å². The molecular weight excluding hydrogens is 372 g/mol. The number of nitrogens with one attached hydrogen (secondary N) is 3. The van der Waals surface area contributed by atoms with Crippen molar-refractivity contribution in [3.8, 4) is 5.75 Å². The van der Waals surface area contributed by atoms with Gasteiger partial charge in [-0.05, 0) is 37.5 Å². The van der Waals surface area contributed by atoms with Crippen LogP contribution in [0.1, 0.15) is 37.6 Å². The van der Waals surface area contributed by atoms with E-state index in [9.17, 15) is 9.59 Å². The van der Waals surface area contributed by atoms with Crippen molar-refractivity contribution in [3.05, 3.63) is 23.8 Å². The van der Waals surface area contributed by atoms with Crippen molar-refractivity contribution in [2.45, 2.75) is 39.3 Å². The molecule has 0 spiro atoms. The van der Waals surface area contributed by atoms with Gasteiger partial charge in [0.25, 0.3) is 5.91 Å². The van der Waals surface area contributed by atoms with Crippen LogP contribution in [0.3, 0.4) is 0 Å². The standard InChI is InChI=1S/C21H34N4O4/c1-6-9-22-21(27)24-16-7-8-18-17(10-16)20(26)25(4)12-19(28-5)14(2)11-23-15(3)13-29-18/h7-8,10,14-15,19,23H,6,9,11-13H2,1-5H3,(H2,22,24,27)/t14-,15+,19-/m0/s1. The lowest BCUT2D eigenvalue weighted by molar-refractivity contribution is 0.0281. The Morgan fingerprint density at radius 2 is 2.14 bits per heavy atom. The lowest BCUT2D eigenvalue weighted by Gasteiger charge is -2.30. The number of fused-ring (bicyclic) bond motifs is 1. The first-order chi connectivity index (χ1) is 13.8. The first kappa shape index (κ1) is 23.0. The molecule has 162 valence electrons. The number of hydrogen-bond acceptors (Lipinski definition) is 5. The number of carbonyl (C=O) groups is 2. The number of methoxy groups -OCH3 is 1. The molecule has 1 heterocycles. The van der Waals surface area contributed by atoms with Gasteiger partial charge < -0.3 is 30.3 Å². The molecule has 0 fully saturated rings. The average Bonchev–Trinajstić information content (AvgIpc) is 2.71. The first-order valence-electron chi connectivity index (χ1n) is 10.2. The zero-order valence-corrected chi connectivity index (χ0v) is 18.1. The van der Waals surface area contributed by atoms with Crippen LogP contribution in [0.5, 0.6) is 5.75 Å². The van der Waals surface area contributed by atoms with E-state index in [0.717, 1.165) is 13.0 Å². The fraction of sp³-hybridized carbons (Fsp3) is 0.619. The fourth-order valence-corrected chi connectivity index (χ4v) is 3.15. The summed E-state index contributed by atoms with van der Waals surface area (Å²) in [6, 6.07) is 4.95. The van der Waals surface area contributed by atoms with Crippen LogP contribution in [0.2, 0.25) is 0 Å². The number of urea groups is 1. The smallest absolute Gasteiger partial charge is 0.319 e. The Balaban J connectivity index is 2.29. The molecule has 1 aliphatic rings. The molecular formula is C21H34N4O4. The number of benzene rings is 1. The molecule has 3 N–H and O–H groups in total. The number of nitrogens with zero attached hydrogens (tertiary/aromatic N) is 1. The Morgan fingerprint density at radius 3 is 2.83 bits per heavy atom. The predicted octanol–water partition coefficient (Wildman–Crippen LogP) is 2.31. The van der Waals surface area contributed by atoms with Gasteiger partial charge in [0.1, 0.15) is 12.4 Å². The van der Waals surface area contributed by atoms with Crippen molar-refractivity contribution in [3.63, 3.8) is 0 Å². The van der Waals surface area contributed by atoms with Crippen molar-refractivity contribution in [1.29, 1.82) is 0 Å². The second-order valence-corrected chi connectivity index (χ2v) is 7.65. The zero-order valence-electron chi connectivity index (χ0n) is 18.1. The predicted molar refractivity (Wildman–Crippen MR) is 114 cm³/mol. The molecule has 0 aliphatic carbocycles. The van der Waals surface area contributed by atoms with Crippen molar-refractivity contribution in [2.24, 2.45) is 5.92 Å². The van der Waals surface area contributed by atoms with E-state index >= 15 is 0 Å². The van der Waals surface area contributed by atoms with Gasteiger partial charge in [-0.3, -0.25) is 4.79 Å². The van der Waals surface area contributed by atoms with E-state index in [0.29, 0.717) is 36.7 Å². The van der Waals surface area contributed by atoms with Gasteiger partial charge >= 0.3 is 6.03 Å². The molecule has 0 saturated carbocycles. The highest BCUT2D eigenvalue weighted by atomic mass is 16.5. The highest BCUT2D eigenvalue weighted by Gasteiger charge is 2.25. The van der Waals surface area contributed by atoms with E-state index in [2.05, 4.69) is 22.9 Å². The third kappa shape index (κ3) is 6.61. The number of amides is 3. The van der Waals surface area contributed by atoms with Gasteiger partial charge in [-0.2, -0.15) is 0 Å². The van der Waals surface area contributed by atoms with Gasteiger partial charge in [0.2, 0.25) is 0 Å². The van der Waals surface area contributed by atoms with Crippen molar-refractivity contribution in [1.82, 2.24) is 15.5 Å². The normalized spacial score (nSPS) is 23.3. The van der Waals surface area contributed by atoms with Crippen LogP contribution < -0.4 is 20.7 Å². The number of rotatable bonds is 4. The van der Waals surface area contributed by atoms with E-state index in [4.69, 9.17) is 9.47 Å². The maximum absolute atomic E-state index is 13.2. The summed E-state index contributed by atoms with van der Waals surface area (Å²) in [5.74, 6) is 0.553. The molecule has 8 nitrogen and oxygen atoms in total. The summed E-state index contributed by atoms with van der Waals surface area (Å²) in [6.07, 6.45) is 0.758. The average molecular weight is 407 g/mol. The zero-order chi connectivity index (χ0) is 21.4. The molecule has 3 atom stereocenters. The third-order valence-electron chi connectivity index (χ3n) is 5.02. The Hall–Kier alpha value is -2.32. The Bertz CT molecular complexity index is 697. The number of likely N-dealkylation sites (N-methyl/N-ethyl adjacent to an activating group) is 1. The van der Waals surface area contributed by atoms with E-state index in [1.165, 1.54) is 0 Å². The van der Waals surface area contributed by atoms with Crippen molar-refractivity contribution < 1.29 is 19.1 Å². The van der Waals surface area contributed by atoms with Crippen molar-refractivity contribution >= 4 is 17.6 Å². The Kier molecular flexibility index (Phi) is 8.72. The van der Waals surface area contributed by atoms with Crippen LogP contribution in [0.4, 0.5) is 10.5 Å². The fourth-order valence-electron chi connectivity index (χ4n) is 3.15. The molecule has 1 aromatic rings. The van der Waals surface area contributed by atoms with Crippen LogP contribution in [0.15, 0.2) is 18.2 Å². The van der Waals surface area contributed by atoms with E-state index < -0.39 is 0 Å². The van der Waals surface area contributed by atoms with Crippen LogP contribution >= 0.6 is 0 Å². The molecule has 29 heavy (non-hydrogen) atoms. The summed E-state index contributed by atoms with van der Waals surface area (Å²) in [5, 5.41) is 8.98. The van der Waals surface area contributed by atoms with Crippen LogP contribution in [0, 0.1) is 5.92 Å². The van der Waals surface area contributed by atoms with Gasteiger partial charge in [0, 0.05) is 45.5 Å². The second kappa shape index (κ2) is 11.0. The van der Waals surface area contributed by atoms with Gasteiger partial charge in [-0.15, -0.1) is 0 Å². The highest BCUT2D eigenvalue weighted by molar-refractivity contribution is 5.99. The number of ether oxygens (including phenoxy) is 2. The second-order valence-electron chi connectivity index (χ2n) is 7.65. The SMILES string of the molecule is CCCNC(=O)Nc1ccc2c(c1)C(=O)N(C)C[C@H](OC)[C@@H](C)CN[C@H](C)CO2. The molecule has 2 rings (SSSR count). The highest BCUT2D eigenvalue weighted by Crippen LogP contribution is 2.25. The first-order valence-corrected chi connectivity index (χ1v) is 10.2. The van der Waals surface area contributed by atoms with E-state index in [1.54, 1.807) is 37.3 Å². The minimum atomic E-state index is -0.298. The topological polar surface area (TPSA) is 91.9 Å². The number of anilines is 1. The minimum Gasteiger partial charge on any atom is -0.491 e. The quantitative estimate of drug-likeness (QED) is 0.714. The van der Waals surface area contributed by atoms with E-state index in [-0.39, 0.29) is 30.0 Å². The summed E-state index contributed by atoms with van der Waals surface area (Å²) in [4.78, 5) is 26.8. The summed E-state index contributed by atoms with van der Waals surface area (Å²) >= 11 is 0. The summed E-state index contributed by atoms with van der Waals surface area (Å²) in [7, 11) is 3.42. The molecule has 0 bridgehead atoms. The molecule has 1 aromatic carbocycles. The van der Waals surface area contributed by atoms with Gasteiger partial charge in [-0.25, -0.2) is 4.79 Å². The summed E-state index contributed by atoms with van der Waals surface area (Å²) in [5.41, 5.74) is 0.953. The molecule has 0 saturated heterocycles. The lowest BCUT2D eigenvalue weighted by Crippen LogP contribution is -2.44. The molecule has 0 radical (unpaired) electrons. The van der Waals surface area contributed by atoms with E-state index in [1.807, 2.05) is 13.8 Å². The molecule has 0 aromatic heterocycles. The van der Waals surface area contributed by atoms with Gasteiger partial charge in [0.05, 0.1) is 11.7 Å². The largest absolute Gasteiger partial charge is 0.491 e. The van der Waals surface area contributed by atoms with Crippen LogP contribution in [0.25, 0.3) is 0 Å². The van der Waals surface area contributed by atoms with Gasteiger partial charge in [0.15, 0.2) is 0 Å². The molecule has 1 aliphatic heterocycles. The number of hydrogen-bond donors (Lipinski definition) is 3. The molecule has 8 heteroatoms. The van der Waals surface area contributed by atoms with Crippen LogP contribution in [-0.2, 0) is 4.74 Å². The van der Waals surface area contributed by atoms with Gasteiger partial charge in [-0.1, -0.05) is 13.8 Å². The van der Waals surface area contributed by atoms with Crippen molar-refractivity contribution in [2.75, 3.05) is 45.7 Å². The maximum Gasteiger partial charge on any atom is 0.319 e. The monoisotopic (exact) mass is 406 g/mol. The molecule has 3 amide bonds. The number of carbonyl (C=O) groups excluding carboxylic acids is 2. The maximum atomic E-state index is 13.2. The minimum absolute atomic E-state index is 0.0893.